The molecule has 2 heterocycles. The van der Waals surface area contributed by atoms with E-state index in [9.17, 15) is 13.2 Å². The molecule has 33 heavy (non-hydrogen) atoms. The third kappa shape index (κ3) is 4.37. The monoisotopic (exact) mass is 481 g/mol. The van der Waals surface area contributed by atoms with Gasteiger partial charge in [0.15, 0.2) is 0 Å². The summed E-state index contributed by atoms with van der Waals surface area (Å²) in [6.07, 6.45) is 4.05. The molecule has 168 valence electrons. The average Bonchev–Trinajstić information content (AvgIpc) is 3.48. The van der Waals surface area contributed by atoms with Gasteiger partial charge in [-0.25, -0.2) is 13.1 Å². The first kappa shape index (κ1) is 21.6. The van der Waals surface area contributed by atoms with Crippen LogP contribution in [0.4, 0.5) is 5.69 Å². The zero-order valence-corrected chi connectivity index (χ0v) is 19.0. The van der Waals surface area contributed by atoms with E-state index in [-0.39, 0.29) is 17.3 Å². The summed E-state index contributed by atoms with van der Waals surface area (Å²) in [4.78, 5) is 18.1. The van der Waals surface area contributed by atoms with Gasteiger partial charge in [0.1, 0.15) is 5.76 Å². The van der Waals surface area contributed by atoms with E-state index in [2.05, 4.69) is 10.0 Å². The first-order valence-corrected chi connectivity index (χ1v) is 12.3. The molecule has 0 saturated heterocycles. The predicted octanol–water partition coefficient (Wildman–Crippen LogP) is 4.70. The molecule has 0 spiro atoms. The number of furan rings is 1. The number of aryl methyl sites for hydroxylation is 1. The highest BCUT2D eigenvalue weighted by atomic mass is 35.5. The van der Waals surface area contributed by atoms with Crippen LogP contribution in [-0.2, 0) is 29.4 Å². The zero-order valence-electron chi connectivity index (χ0n) is 17.5. The quantitative estimate of drug-likeness (QED) is 0.415. The Hall–Kier alpha value is -3.20. The molecule has 0 unspecified atom stereocenters. The number of amides is 1. The minimum Gasteiger partial charge on any atom is -0.468 e. The van der Waals surface area contributed by atoms with Crippen molar-refractivity contribution in [2.75, 3.05) is 5.32 Å². The summed E-state index contributed by atoms with van der Waals surface area (Å²) in [5, 5.41) is 4.14. The van der Waals surface area contributed by atoms with E-state index in [0.717, 1.165) is 36.0 Å². The molecule has 0 atom stereocenters. The largest absolute Gasteiger partial charge is 0.468 e. The Morgan fingerprint density at radius 2 is 1.91 bits per heavy atom. The summed E-state index contributed by atoms with van der Waals surface area (Å²) >= 11 is 6.20. The number of pyridine rings is 1. The molecule has 0 radical (unpaired) electrons. The van der Waals surface area contributed by atoms with Crippen LogP contribution in [0.3, 0.4) is 0 Å². The fraction of sp³-hybridized carbons (Fsp3) is 0.167. The lowest BCUT2D eigenvalue weighted by molar-refractivity contribution is 0.102. The maximum Gasteiger partial charge on any atom is 0.256 e. The van der Waals surface area contributed by atoms with Crippen LogP contribution in [0.2, 0.25) is 5.02 Å². The Bertz CT molecular complexity index is 1450. The SMILES string of the molecule is O=C(Nc1ccc(S(=O)(=O)NCc2ccco2)cc1)c1c2c(nc3ccc(Cl)cc13)CCC2. The number of benzene rings is 2. The highest BCUT2D eigenvalue weighted by Gasteiger charge is 2.24. The molecule has 7 nitrogen and oxygen atoms in total. The Morgan fingerprint density at radius 3 is 2.67 bits per heavy atom. The van der Waals surface area contributed by atoms with E-state index in [0.29, 0.717) is 27.4 Å². The van der Waals surface area contributed by atoms with Gasteiger partial charge in [0.2, 0.25) is 10.0 Å². The normalized spacial score (nSPS) is 13.2. The van der Waals surface area contributed by atoms with Gasteiger partial charge in [-0.15, -0.1) is 0 Å². The van der Waals surface area contributed by atoms with E-state index in [1.807, 2.05) is 6.07 Å². The maximum absolute atomic E-state index is 13.3. The molecule has 0 bridgehead atoms. The van der Waals surface area contributed by atoms with Gasteiger partial charge in [-0.3, -0.25) is 9.78 Å². The van der Waals surface area contributed by atoms with Crippen LogP contribution >= 0.6 is 11.6 Å². The molecule has 2 aromatic heterocycles. The number of anilines is 1. The summed E-state index contributed by atoms with van der Waals surface area (Å²) in [7, 11) is -3.72. The lowest BCUT2D eigenvalue weighted by Crippen LogP contribution is -2.23. The fourth-order valence-corrected chi connectivity index (χ4v) is 5.23. The molecular formula is C24H20ClN3O4S. The minimum atomic E-state index is -3.72. The predicted molar refractivity (Wildman–Crippen MR) is 126 cm³/mol. The van der Waals surface area contributed by atoms with Gasteiger partial charge >= 0.3 is 0 Å². The van der Waals surface area contributed by atoms with Crippen LogP contribution in [0.25, 0.3) is 10.9 Å². The van der Waals surface area contributed by atoms with Gasteiger partial charge in [0.05, 0.1) is 28.8 Å². The van der Waals surface area contributed by atoms with E-state index < -0.39 is 10.0 Å². The van der Waals surface area contributed by atoms with Gasteiger partial charge in [-0.05, 0) is 79.4 Å². The number of hydrogen-bond acceptors (Lipinski definition) is 5. The molecule has 0 fully saturated rings. The fourth-order valence-electron chi connectivity index (χ4n) is 4.07. The van der Waals surface area contributed by atoms with Gasteiger partial charge in [0.25, 0.3) is 5.91 Å². The Kier molecular flexibility index (Phi) is 5.65. The smallest absolute Gasteiger partial charge is 0.256 e. The molecule has 1 amide bonds. The zero-order chi connectivity index (χ0) is 23.0. The van der Waals surface area contributed by atoms with Crippen LogP contribution in [0, 0.1) is 0 Å². The molecule has 1 aliphatic rings. The summed E-state index contributed by atoms with van der Waals surface area (Å²) in [5.74, 6) is 0.244. The van der Waals surface area contributed by atoms with Crippen molar-refractivity contribution in [2.24, 2.45) is 0 Å². The van der Waals surface area contributed by atoms with E-state index in [4.69, 9.17) is 21.0 Å². The number of aromatic nitrogens is 1. The third-order valence-corrected chi connectivity index (χ3v) is 7.29. The highest BCUT2D eigenvalue weighted by Crippen LogP contribution is 2.32. The summed E-state index contributed by atoms with van der Waals surface area (Å²) in [6, 6.07) is 14.8. The van der Waals surface area contributed by atoms with Crippen LogP contribution in [0.1, 0.15) is 33.8 Å². The second-order valence-electron chi connectivity index (χ2n) is 7.81. The van der Waals surface area contributed by atoms with Gasteiger partial charge < -0.3 is 9.73 Å². The minimum absolute atomic E-state index is 0.0522. The number of halogens is 1. The number of fused-ring (bicyclic) bond motifs is 2. The van der Waals surface area contributed by atoms with Crippen LogP contribution in [0.15, 0.2) is 70.2 Å². The molecular weight excluding hydrogens is 462 g/mol. The van der Waals surface area contributed by atoms with Crippen molar-refractivity contribution in [3.8, 4) is 0 Å². The average molecular weight is 482 g/mol. The molecule has 0 saturated carbocycles. The first-order chi connectivity index (χ1) is 15.9. The van der Waals surface area contributed by atoms with Crippen molar-refractivity contribution < 1.29 is 17.6 Å². The summed E-state index contributed by atoms with van der Waals surface area (Å²) in [6.45, 7) is 0.0522. The number of carbonyl (C=O) groups excluding carboxylic acids is 1. The van der Waals surface area contributed by atoms with Crippen molar-refractivity contribution in [3.05, 3.63) is 88.5 Å². The van der Waals surface area contributed by atoms with Crippen molar-refractivity contribution in [2.45, 2.75) is 30.7 Å². The number of sulfonamides is 1. The van der Waals surface area contributed by atoms with Crippen molar-refractivity contribution in [3.63, 3.8) is 0 Å². The second kappa shape index (κ2) is 8.62. The van der Waals surface area contributed by atoms with E-state index in [1.165, 1.54) is 18.4 Å². The number of nitrogens with zero attached hydrogens (tertiary/aromatic N) is 1. The highest BCUT2D eigenvalue weighted by molar-refractivity contribution is 7.89. The van der Waals surface area contributed by atoms with Crippen molar-refractivity contribution >= 4 is 44.1 Å². The molecule has 2 aromatic carbocycles. The first-order valence-electron chi connectivity index (χ1n) is 10.5. The van der Waals surface area contributed by atoms with E-state index >= 15 is 0 Å². The van der Waals surface area contributed by atoms with Crippen LogP contribution < -0.4 is 10.0 Å². The second-order valence-corrected chi connectivity index (χ2v) is 10.0. The number of hydrogen-bond donors (Lipinski definition) is 2. The lowest BCUT2D eigenvalue weighted by atomic mass is 10.0. The van der Waals surface area contributed by atoms with E-state index in [1.54, 1.807) is 36.4 Å². The molecule has 4 aromatic rings. The van der Waals surface area contributed by atoms with Gasteiger partial charge in [-0.2, -0.15) is 0 Å². The topological polar surface area (TPSA) is 101 Å². The third-order valence-electron chi connectivity index (χ3n) is 5.64. The number of nitrogens with one attached hydrogen (secondary N) is 2. The van der Waals surface area contributed by atoms with Gasteiger partial charge in [0, 0.05) is 21.8 Å². The Labute approximate surface area is 195 Å². The molecule has 9 heteroatoms. The Morgan fingerprint density at radius 1 is 1.09 bits per heavy atom. The lowest BCUT2D eigenvalue weighted by Gasteiger charge is -2.13. The maximum atomic E-state index is 13.3. The van der Waals surface area contributed by atoms with Gasteiger partial charge in [-0.1, -0.05) is 11.6 Å². The van der Waals surface area contributed by atoms with Crippen LogP contribution in [-0.4, -0.2) is 19.3 Å². The summed E-state index contributed by atoms with van der Waals surface area (Å²) < 4.78 is 32.7. The molecule has 1 aliphatic carbocycles. The van der Waals surface area contributed by atoms with Crippen molar-refractivity contribution in [1.82, 2.24) is 9.71 Å². The van der Waals surface area contributed by atoms with Crippen LogP contribution in [0.5, 0.6) is 0 Å². The summed E-state index contributed by atoms with van der Waals surface area (Å²) in [5.41, 5.74) is 3.69. The Balaban J connectivity index is 1.39. The number of carbonyl (C=O) groups is 1. The molecule has 2 N–H and O–H groups in total. The standard InChI is InChI=1S/C24H20ClN3O4S/c25-15-6-11-22-20(13-15)23(19-4-1-5-21(19)28-22)24(29)27-16-7-9-18(10-8-16)33(30,31)26-14-17-3-2-12-32-17/h2-3,6-13,26H,1,4-5,14H2,(H,27,29). The molecule has 0 aliphatic heterocycles. The van der Waals surface area contributed by atoms with Crippen molar-refractivity contribution in [1.29, 1.82) is 0 Å². The number of rotatable bonds is 6. The molecule has 5 rings (SSSR count).